The monoisotopic (exact) mass is 695 g/mol. The molecule has 256 valence electrons. The van der Waals surface area contributed by atoms with E-state index in [1.807, 2.05) is 12.1 Å². The van der Waals surface area contributed by atoms with E-state index in [2.05, 4.69) is 30.4 Å². The van der Waals surface area contributed by atoms with Gasteiger partial charge in [-0.2, -0.15) is 9.03 Å². The van der Waals surface area contributed by atoms with Crippen LogP contribution < -0.4 is 9.62 Å². The molecule has 2 fully saturated rings. The molecular formula is C34H50ClN3O6S2. The number of rotatable bonds is 12. The fourth-order valence-electron chi connectivity index (χ4n) is 6.49. The molecule has 2 N–H and O–H groups in total. The Labute approximate surface area is 280 Å². The summed E-state index contributed by atoms with van der Waals surface area (Å²) in [5, 5.41) is 9.71. The second kappa shape index (κ2) is 14.9. The van der Waals surface area contributed by atoms with E-state index < -0.39 is 38.0 Å². The van der Waals surface area contributed by atoms with Gasteiger partial charge in [-0.1, -0.05) is 77.6 Å². The highest BCUT2D eigenvalue weighted by molar-refractivity contribution is 7.89. The van der Waals surface area contributed by atoms with Crippen LogP contribution in [-0.2, 0) is 30.3 Å². The lowest BCUT2D eigenvalue weighted by atomic mass is 9.87. The quantitative estimate of drug-likeness (QED) is 0.259. The van der Waals surface area contributed by atoms with Crippen molar-refractivity contribution in [2.24, 2.45) is 17.8 Å². The first-order chi connectivity index (χ1) is 21.5. The summed E-state index contributed by atoms with van der Waals surface area (Å²) < 4.78 is 56.0. The van der Waals surface area contributed by atoms with Gasteiger partial charge in [0.15, 0.2) is 0 Å². The number of sulfonamides is 2. The van der Waals surface area contributed by atoms with Gasteiger partial charge in [-0.05, 0) is 84.7 Å². The molecule has 0 radical (unpaired) electrons. The van der Waals surface area contributed by atoms with Crippen molar-refractivity contribution in [1.82, 2.24) is 9.03 Å². The van der Waals surface area contributed by atoms with Crippen LogP contribution >= 0.6 is 11.6 Å². The van der Waals surface area contributed by atoms with Crippen LogP contribution in [0.1, 0.15) is 85.1 Å². The minimum atomic E-state index is -4.04. The fourth-order valence-corrected chi connectivity index (χ4v) is 9.69. The third kappa shape index (κ3) is 9.04. The number of aliphatic carboxylic acids is 1. The minimum Gasteiger partial charge on any atom is -0.480 e. The van der Waals surface area contributed by atoms with E-state index in [1.165, 1.54) is 12.1 Å². The molecule has 0 bridgehead atoms. The zero-order chi connectivity index (χ0) is 33.9. The van der Waals surface area contributed by atoms with Gasteiger partial charge in [0.1, 0.15) is 6.04 Å². The lowest BCUT2D eigenvalue weighted by Gasteiger charge is -2.35. The highest BCUT2D eigenvalue weighted by atomic mass is 35.5. The maximum atomic E-state index is 13.2. The van der Waals surface area contributed by atoms with E-state index in [4.69, 9.17) is 11.6 Å². The first-order valence-corrected chi connectivity index (χ1v) is 19.7. The van der Waals surface area contributed by atoms with Gasteiger partial charge < -0.3 is 10.0 Å². The van der Waals surface area contributed by atoms with Crippen LogP contribution in [0.25, 0.3) is 0 Å². The van der Waals surface area contributed by atoms with Crippen LogP contribution in [0.15, 0.2) is 52.3 Å². The van der Waals surface area contributed by atoms with Crippen molar-refractivity contribution in [3.63, 3.8) is 0 Å². The Morgan fingerprint density at radius 3 is 1.89 bits per heavy atom. The highest BCUT2D eigenvalue weighted by Gasteiger charge is 2.31. The molecule has 2 heterocycles. The number of benzene rings is 2. The molecule has 2 aromatic carbocycles. The lowest BCUT2D eigenvalue weighted by Crippen LogP contribution is -2.44. The van der Waals surface area contributed by atoms with E-state index in [0.717, 1.165) is 69.3 Å². The largest absolute Gasteiger partial charge is 0.480 e. The summed E-state index contributed by atoms with van der Waals surface area (Å²) in [6.45, 7) is 12.4. The number of anilines is 1. The van der Waals surface area contributed by atoms with Gasteiger partial charge in [-0.25, -0.2) is 16.8 Å². The molecule has 2 saturated heterocycles. The summed E-state index contributed by atoms with van der Waals surface area (Å²) in [5.74, 6) is -0.482. The van der Waals surface area contributed by atoms with Crippen molar-refractivity contribution >= 4 is 43.3 Å². The van der Waals surface area contributed by atoms with Crippen LogP contribution in [0.3, 0.4) is 0 Å². The number of nitrogens with one attached hydrogen (secondary N) is 1. The zero-order valence-electron chi connectivity index (χ0n) is 27.7. The van der Waals surface area contributed by atoms with E-state index in [9.17, 15) is 26.7 Å². The number of nitrogens with zero attached hydrogens (tertiary/aromatic N) is 2. The molecule has 2 aromatic rings. The van der Waals surface area contributed by atoms with E-state index in [0.29, 0.717) is 34.8 Å². The topological polar surface area (TPSA) is 124 Å². The number of carboxylic acid groups (broad SMARTS) is 1. The Morgan fingerprint density at radius 1 is 0.891 bits per heavy atom. The summed E-state index contributed by atoms with van der Waals surface area (Å²) in [6.07, 6.45) is 7.23. The number of piperidine rings is 2. The van der Waals surface area contributed by atoms with Crippen molar-refractivity contribution in [1.29, 1.82) is 0 Å². The summed E-state index contributed by atoms with van der Waals surface area (Å²) >= 11 is 6.54. The van der Waals surface area contributed by atoms with Crippen LogP contribution in [0, 0.1) is 17.8 Å². The molecule has 2 aliphatic heterocycles. The summed E-state index contributed by atoms with van der Waals surface area (Å²) in [5.41, 5.74) is 1.88. The average Bonchev–Trinajstić information content (AvgIpc) is 3.00. The van der Waals surface area contributed by atoms with Crippen molar-refractivity contribution in [2.75, 3.05) is 31.1 Å². The molecular weight excluding hydrogens is 646 g/mol. The normalized spacial score (nSPS) is 18.6. The Kier molecular flexibility index (Phi) is 11.9. The average molecular weight is 696 g/mol. The van der Waals surface area contributed by atoms with Crippen LogP contribution in [0.4, 0.5) is 5.69 Å². The molecule has 4 rings (SSSR count). The van der Waals surface area contributed by atoms with E-state index in [1.54, 1.807) is 36.4 Å². The molecule has 1 atom stereocenters. The van der Waals surface area contributed by atoms with Crippen molar-refractivity contribution in [2.45, 2.75) is 101 Å². The maximum absolute atomic E-state index is 13.2. The lowest BCUT2D eigenvalue weighted by molar-refractivity contribution is -0.140. The summed E-state index contributed by atoms with van der Waals surface area (Å²) in [4.78, 5) is 14.0. The van der Waals surface area contributed by atoms with Crippen LogP contribution in [-0.4, -0.2) is 64.4 Å². The predicted molar refractivity (Wildman–Crippen MR) is 183 cm³/mol. The first-order valence-electron chi connectivity index (χ1n) is 16.4. The number of carbonyl (C=O) groups is 1. The van der Waals surface area contributed by atoms with E-state index in [-0.39, 0.29) is 10.3 Å². The highest BCUT2D eigenvalue weighted by Crippen LogP contribution is 2.34. The van der Waals surface area contributed by atoms with Crippen molar-refractivity contribution in [3.05, 3.63) is 53.1 Å². The second-order valence-electron chi connectivity index (χ2n) is 14.3. The number of hydrogen-bond donors (Lipinski definition) is 2. The Morgan fingerprint density at radius 2 is 1.41 bits per heavy atom. The number of carboxylic acids is 1. The van der Waals surface area contributed by atoms with Crippen LogP contribution in [0.5, 0.6) is 0 Å². The molecule has 46 heavy (non-hydrogen) atoms. The minimum absolute atomic E-state index is 0.0203. The molecule has 0 aromatic heterocycles. The summed E-state index contributed by atoms with van der Waals surface area (Å²) in [7, 11) is -7.52. The summed E-state index contributed by atoms with van der Waals surface area (Å²) in [6, 6.07) is 10.7. The van der Waals surface area contributed by atoms with Gasteiger partial charge in [0, 0.05) is 26.2 Å². The molecule has 0 spiro atoms. The standard InChI is InChI=1S/C34H50ClN3O6S2/c1-24(2)32(33(39)40)36-45(41,42)29-13-14-31(30(35)23-29)37-19-15-25(16-20-37)7-6-8-26-17-21-38(22-18-26)46(43,44)28-11-9-27(10-12-28)34(3,4)5/h9-14,23-26,32,36H,6-8,15-22H2,1-5H3,(H,39,40). The van der Waals surface area contributed by atoms with Crippen molar-refractivity contribution in [3.8, 4) is 0 Å². The molecule has 12 heteroatoms. The van der Waals surface area contributed by atoms with Gasteiger partial charge in [0.05, 0.1) is 20.5 Å². The van der Waals surface area contributed by atoms with Gasteiger partial charge in [-0.3, -0.25) is 4.79 Å². The van der Waals surface area contributed by atoms with Crippen molar-refractivity contribution < 1.29 is 26.7 Å². The number of hydrogen-bond acceptors (Lipinski definition) is 6. The van der Waals surface area contributed by atoms with E-state index >= 15 is 0 Å². The molecule has 2 aliphatic rings. The van der Waals surface area contributed by atoms with Gasteiger partial charge in [0.25, 0.3) is 0 Å². The predicted octanol–water partition coefficient (Wildman–Crippen LogP) is 6.51. The van der Waals surface area contributed by atoms with Gasteiger partial charge in [0.2, 0.25) is 20.0 Å². The van der Waals surface area contributed by atoms with Crippen LogP contribution in [0.2, 0.25) is 5.02 Å². The third-order valence-corrected chi connectivity index (χ3v) is 13.2. The Bertz CT molecular complexity index is 1560. The molecule has 0 aliphatic carbocycles. The Balaban J connectivity index is 1.21. The molecule has 0 saturated carbocycles. The Hall–Kier alpha value is -2.18. The zero-order valence-corrected chi connectivity index (χ0v) is 30.1. The SMILES string of the molecule is CC(C)C(NS(=O)(=O)c1ccc(N2CCC(CCCC3CCN(S(=O)(=O)c4ccc(C(C)(C)C)cc4)CC3)CC2)c(Cl)c1)C(=O)O. The first kappa shape index (κ1) is 36.7. The smallest absolute Gasteiger partial charge is 0.322 e. The third-order valence-electron chi connectivity index (χ3n) is 9.56. The molecule has 0 amide bonds. The molecule has 9 nitrogen and oxygen atoms in total. The number of halogens is 1. The van der Waals surface area contributed by atoms with Gasteiger partial charge >= 0.3 is 5.97 Å². The fraction of sp³-hybridized carbons (Fsp3) is 0.618. The van der Waals surface area contributed by atoms with Gasteiger partial charge in [-0.15, -0.1) is 0 Å². The maximum Gasteiger partial charge on any atom is 0.322 e. The molecule has 1 unspecified atom stereocenters. The second-order valence-corrected chi connectivity index (χ2v) is 18.3.